The van der Waals surface area contributed by atoms with E-state index >= 15 is 0 Å². The molecule has 0 bridgehead atoms. The van der Waals surface area contributed by atoms with E-state index in [9.17, 15) is 5.11 Å². The number of aliphatic hydroxyl groups excluding tert-OH is 1. The van der Waals surface area contributed by atoms with Gasteiger partial charge in [-0.15, -0.1) is 0 Å². The monoisotopic (exact) mass is 257 g/mol. The average Bonchev–Trinajstić information content (AvgIpc) is 2.37. The number of hydrogen-bond acceptors (Lipinski definition) is 3. The molecule has 0 saturated heterocycles. The fourth-order valence-electron chi connectivity index (χ4n) is 2.36. The van der Waals surface area contributed by atoms with Crippen molar-refractivity contribution in [2.45, 2.75) is 26.9 Å². The molecule has 2 aromatic rings. The standard InChI is InChI=1S/C16H19NO2/c1-10-7-11(2)15(14(8-10)19-4)16(18)13-5-6-17-12(3)9-13/h5-9,16,18H,1-4H3. The predicted octanol–water partition coefficient (Wildman–Crippen LogP) is 3.10. The Morgan fingerprint density at radius 2 is 1.89 bits per heavy atom. The molecule has 0 saturated carbocycles. The Balaban J connectivity index is 2.52. The van der Waals surface area contributed by atoms with Crippen LogP contribution in [-0.4, -0.2) is 17.2 Å². The molecule has 1 unspecified atom stereocenters. The lowest BCUT2D eigenvalue weighted by atomic mass is 9.95. The number of hydrogen-bond donors (Lipinski definition) is 1. The highest BCUT2D eigenvalue weighted by molar-refractivity contribution is 5.47. The van der Waals surface area contributed by atoms with Crippen LogP contribution in [0.1, 0.15) is 34.1 Å². The second kappa shape index (κ2) is 5.41. The number of benzene rings is 1. The summed E-state index contributed by atoms with van der Waals surface area (Å²) < 4.78 is 5.40. The van der Waals surface area contributed by atoms with Crippen molar-refractivity contribution in [3.8, 4) is 5.75 Å². The molecule has 3 heteroatoms. The van der Waals surface area contributed by atoms with Crippen LogP contribution in [0.5, 0.6) is 5.75 Å². The summed E-state index contributed by atoms with van der Waals surface area (Å²) in [5.41, 5.74) is 4.69. The van der Waals surface area contributed by atoms with Gasteiger partial charge >= 0.3 is 0 Å². The fourth-order valence-corrected chi connectivity index (χ4v) is 2.36. The molecule has 0 spiro atoms. The Bertz CT molecular complexity index is 593. The quantitative estimate of drug-likeness (QED) is 0.918. The number of aryl methyl sites for hydroxylation is 3. The van der Waals surface area contributed by atoms with Crippen LogP contribution in [0.25, 0.3) is 0 Å². The lowest BCUT2D eigenvalue weighted by molar-refractivity contribution is 0.213. The molecule has 19 heavy (non-hydrogen) atoms. The van der Waals surface area contributed by atoms with E-state index in [1.165, 1.54) is 0 Å². The van der Waals surface area contributed by atoms with Gasteiger partial charge in [0.15, 0.2) is 0 Å². The molecular weight excluding hydrogens is 238 g/mol. The molecule has 0 amide bonds. The van der Waals surface area contributed by atoms with Gasteiger partial charge in [-0.25, -0.2) is 0 Å². The minimum atomic E-state index is -0.697. The minimum absolute atomic E-state index is 0.697. The molecule has 1 atom stereocenters. The van der Waals surface area contributed by atoms with Crippen LogP contribution in [0.15, 0.2) is 30.5 Å². The lowest BCUT2D eigenvalue weighted by Gasteiger charge is -2.18. The maximum absolute atomic E-state index is 10.6. The molecule has 0 fully saturated rings. The van der Waals surface area contributed by atoms with E-state index in [1.807, 2.05) is 39.0 Å². The van der Waals surface area contributed by atoms with E-state index in [1.54, 1.807) is 13.3 Å². The molecule has 2 rings (SSSR count). The summed E-state index contributed by atoms with van der Waals surface area (Å²) in [4.78, 5) is 4.15. The Kier molecular flexibility index (Phi) is 3.86. The molecular formula is C16H19NO2. The smallest absolute Gasteiger partial charge is 0.125 e. The number of nitrogens with zero attached hydrogens (tertiary/aromatic N) is 1. The van der Waals surface area contributed by atoms with Gasteiger partial charge < -0.3 is 9.84 Å². The van der Waals surface area contributed by atoms with E-state index < -0.39 is 6.10 Å². The van der Waals surface area contributed by atoms with Gasteiger partial charge in [-0.3, -0.25) is 4.98 Å². The first-order valence-corrected chi connectivity index (χ1v) is 6.28. The Morgan fingerprint density at radius 1 is 1.16 bits per heavy atom. The molecule has 1 N–H and O–H groups in total. The van der Waals surface area contributed by atoms with Gasteiger partial charge in [-0.2, -0.15) is 0 Å². The summed E-state index contributed by atoms with van der Waals surface area (Å²) in [7, 11) is 1.63. The Hall–Kier alpha value is -1.87. The highest BCUT2D eigenvalue weighted by atomic mass is 16.5. The van der Waals surface area contributed by atoms with Crippen molar-refractivity contribution in [2.24, 2.45) is 0 Å². The summed E-state index contributed by atoms with van der Waals surface area (Å²) in [6, 6.07) is 7.72. The van der Waals surface area contributed by atoms with Crippen LogP contribution in [0, 0.1) is 20.8 Å². The zero-order valence-electron chi connectivity index (χ0n) is 11.8. The molecule has 0 aliphatic rings. The van der Waals surface area contributed by atoms with Crippen LogP contribution >= 0.6 is 0 Å². The molecule has 1 aromatic carbocycles. The molecule has 1 aromatic heterocycles. The van der Waals surface area contributed by atoms with Gasteiger partial charge in [0.2, 0.25) is 0 Å². The summed E-state index contributed by atoms with van der Waals surface area (Å²) in [5, 5.41) is 10.6. The van der Waals surface area contributed by atoms with Crippen molar-refractivity contribution in [3.05, 3.63) is 58.4 Å². The van der Waals surface area contributed by atoms with Crippen molar-refractivity contribution < 1.29 is 9.84 Å². The first-order chi connectivity index (χ1) is 9.02. The first kappa shape index (κ1) is 13.6. The van der Waals surface area contributed by atoms with Crippen LogP contribution < -0.4 is 4.74 Å². The molecule has 0 aliphatic carbocycles. The Labute approximate surface area is 113 Å². The van der Waals surface area contributed by atoms with E-state index in [4.69, 9.17) is 4.74 Å². The van der Waals surface area contributed by atoms with E-state index in [0.29, 0.717) is 0 Å². The number of aliphatic hydroxyl groups is 1. The van der Waals surface area contributed by atoms with Crippen LogP contribution in [0.4, 0.5) is 0 Å². The zero-order valence-corrected chi connectivity index (χ0v) is 11.8. The summed E-state index contributed by atoms with van der Waals surface area (Å²) >= 11 is 0. The third-order valence-corrected chi connectivity index (χ3v) is 3.22. The van der Waals surface area contributed by atoms with Crippen molar-refractivity contribution in [3.63, 3.8) is 0 Å². The van der Waals surface area contributed by atoms with E-state index in [0.717, 1.165) is 33.7 Å². The number of pyridine rings is 1. The van der Waals surface area contributed by atoms with E-state index in [2.05, 4.69) is 11.1 Å². The van der Waals surface area contributed by atoms with Crippen LogP contribution in [0.2, 0.25) is 0 Å². The zero-order chi connectivity index (χ0) is 14.0. The molecule has 0 radical (unpaired) electrons. The number of rotatable bonds is 3. The van der Waals surface area contributed by atoms with Gasteiger partial charge in [0.1, 0.15) is 11.9 Å². The van der Waals surface area contributed by atoms with E-state index in [-0.39, 0.29) is 0 Å². The number of ether oxygens (including phenoxy) is 1. The highest BCUT2D eigenvalue weighted by Crippen LogP contribution is 2.33. The van der Waals surface area contributed by atoms with Gasteiger partial charge in [-0.1, -0.05) is 6.07 Å². The lowest BCUT2D eigenvalue weighted by Crippen LogP contribution is -2.06. The topological polar surface area (TPSA) is 42.4 Å². The molecule has 0 aliphatic heterocycles. The predicted molar refractivity (Wildman–Crippen MR) is 75.5 cm³/mol. The van der Waals surface area contributed by atoms with Gasteiger partial charge in [0.05, 0.1) is 7.11 Å². The van der Waals surface area contributed by atoms with Gasteiger partial charge in [0, 0.05) is 17.5 Å². The second-order valence-electron chi connectivity index (χ2n) is 4.83. The normalized spacial score (nSPS) is 12.3. The third kappa shape index (κ3) is 2.76. The van der Waals surface area contributed by atoms with Gasteiger partial charge in [-0.05, 0) is 55.7 Å². The van der Waals surface area contributed by atoms with Gasteiger partial charge in [0.25, 0.3) is 0 Å². The third-order valence-electron chi connectivity index (χ3n) is 3.22. The fraction of sp³-hybridized carbons (Fsp3) is 0.312. The molecule has 1 heterocycles. The largest absolute Gasteiger partial charge is 0.496 e. The molecule has 3 nitrogen and oxygen atoms in total. The molecule has 100 valence electrons. The maximum atomic E-state index is 10.6. The number of aromatic nitrogens is 1. The summed E-state index contributed by atoms with van der Waals surface area (Å²) in [6.07, 6.45) is 1.02. The van der Waals surface area contributed by atoms with Crippen molar-refractivity contribution >= 4 is 0 Å². The van der Waals surface area contributed by atoms with Crippen molar-refractivity contribution in [1.82, 2.24) is 4.98 Å². The minimum Gasteiger partial charge on any atom is -0.496 e. The van der Waals surface area contributed by atoms with Crippen molar-refractivity contribution in [2.75, 3.05) is 7.11 Å². The first-order valence-electron chi connectivity index (χ1n) is 6.28. The second-order valence-corrected chi connectivity index (χ2v) is 4.83. The SMILES string of the molecule is COc1cc(C)cc(C)c1C(O)c1ccnc(C)c1. The maximum Gasteiger partial charge on any atom is 0.125 e. The van der Waals surface area contributed by atoms with Crippen molar-refractivity contribution in [1.29, 1.82) is 0 Å². The summed E-state index contributed by atoms with van der Waals surface area (Å²) in [5.74, 6) is 0.722. The highest BCUT2D eigenvalue weighted by Gasteiger charge is 2.18. The summed E-state index contributed by atoms with van der Waals surface area (Å²) in [6.45, 7) is 5.92. The van der Waals surface area contributed by atoms with Crippen LogP contribution in [-0.2, 0) is 0 Å². The Morgan fingerprint density at radius 3 is 2.53 bits per heavy atom. The number of methoxy groups -OCH3 is 1. The van der Waals surface area contributed by atoms with Crippen LogP contribution in [0.3, 0.4) is 0 Å². The average molecular weight is 257 g/mol.